The van der Waals surface area contributed by atoms with E-state index in [1.165, 1.54) is 5.69 Å². The molecule has 0 bridgehead atoms. The molecule has 2 heterocycles. The van der Waals surface area contributed by atoms with Crippen molar-refractivity contribution in [2.24, 2.45) is 5.73 Å². The number of thiazole rings is 1. The van der Waals surface area contributed by atoms with E-state index in [9.17, 15) is 4.79 Å². The number of benzene rings is 1. The molecule has 5 nitrogen and oxygen atoms in total. The number of amides is 1. The first kappa shape index (κ1) is 14.2. The molecular formula is C15H19N4OS+. The van der Waals surface area contributed by atoms with Gasteiger partial charge in [0.1, 0.15) is 18.8 Å². The number of quaternary nitrogens is 1. The van der Waals surface area contributed by atoms with Crippen LogP contribution in [0.15, 0.2) is 41.9 Å². The van der Waals surface area contributed by atoms with E-state index in [1.54, 1.807) is 11.3 Å². The molecule has 2 aromatic rings. The van der Waals surface area contributed by atoms with Crippen molar-refractivity contribution in [3.63, 3.8) is 0 Å². The predicted octanol–water partition coefficient (Wildman–Crippen LogP) is 1.58. The minimum atomic E-state index is -0.260. The van der Waals surface area contributed by atoms with Gasteiger partial charge in [0.15, 0.2) is 0 Å². The van der Waals surface area contributed by atoms with Crippen molar-refractivity contribution in [3.8, 4) is 0 Å². The van der Waals surface area contributed by atoms with Crippen molar-refractivity contribution in [2.75, 3.05) is 32.7 Å². The Kier molecular flexibility index (Phi) is 4.01. The van der Waals surface area contributed by atoms with Crippen LogP contribution in [0.25, 0.3) is 0 Å². The second kappa shape index (κ2) is 5.93. The fraction of sp³-hybridized carbons (Fsp3) is 0.333. The molecule has 1 saturated heterocycles. The number of aromatic nitrogens is 1. The summed E-state index contributed by atoms with van der Waals surface area (Å²) in [6, 6.07) is 10.5. The molecule has 2 N–H and O–H groups in total. The number of carbonyl (C=O) groups excluding carboxylic acids is 1. The molecule has 0 unspecified atom stereocenters. The average Bonchev–Trinajstić information content (AvgIpc) is 3.03. The Hall–Kier alpha value is -1.76. The summed E-state index contributed by atoms with van der Waals surface area (Å²) in [6.45, 7) is 3.84. The van der Waals surface area contributed by atoms with Crippen LogP contribution >= 0.6 is 11.3 Å². The SMILES string of the molecule is NC(=O)CN1CC[N+](c2ccccc2)(c2nccs2)CC1. The van der Waals surface area contributed by atoms with Gasteiger partial charge in [-0.1, -0.05) is 29.5 Å². The van der Waals surface area contributed by atoms with Crippen molar-refractivity contribution in [3.05, 3.63) is 41.9 Å². The highest BCUT2D eigenvalue weighted by molar-refractivity contribution is 7.13. The van der Waals surface area contributed by atoms with E-state index in [0.29, 0.717) is 6.54 Å². The first-order valence-electron chi connectivity index (χ1n) is 7.04. The van der Waals surface area contributed by atoms with Crippen LogP contribution in [0.4, 0.5) is 10.8 Å². The number of hydrogen-bond acceptors (Lipinski definition) is 4. The Morgan fingerprint density at radius 1 is 1.29 bits per heavy atom. The Balaban J connectivity index is 1.89. The maximum absolute atomic E-state index is 11.1. The average molecular weight is 303 g/mol. The highest BCUT2D eigenvalue weighted by Gasteiger charge is 2.39. The standard InChI is InChI=1S/C15H18N4OS/c16-14(20)12-18-7-9-19(10-8-18,15-17-6-11-21-15)13-4-2-1-3-5-13/h1-6,11H,7-10,12H2,(H-,16,20)/p+1. The number of rotatable bonds is 4. The number of hydrogen-bond donors (Lipinski definition) is 1. The van der Waals surface area contributed by atoms with Crippen LogP contribution in [0.3, 0.4) is 0 Å². The van der Waals surface area contributed by atoms with Gasteiger partial charge in [-0.05, 0) is 12.1 Å². The van der Waals surface area contributed by atoms with Gasteiger partial charge >= 0.3 is 0 Å². The summed E-state index contributed by atoms with van der Waals surface area (Å²) < 4.78 is 0.758. The summed E-state index contributed by atoms with van der Waals surface area (Å²) in [5.41, 5.74) is 6.56. The van der Waals surface area contributed by atoms with E-state index in [1.807, 2.05) is 17.6 Å². The van der Waals surface area contributed by atoms with Gasteiger partial charge in [0.25, 0.3) is 5.13 Å². The summed E-state index contributed by atoms with van der Waals surface area (Å²) in [5.74, 6) is -0.260. The number of nitrogens with two attached hydrogens (primary N) is 1. The lowest BCUT2D eigenvalue weighted by molar-refractivity contribution is -0.119. The summed E-state index contributed by atoms with van der Waals surface area (Å²) in [5, 5.41) is 3.13. The highest BCUT2D eigenvalue weighted by Crippen LogP contribution is 2.37. The van der Waals surface area contributed by atoms with E-state index in [2.05, 4.69) is 34.1 Å². The Morgan fingerprint density at radius 3 is 2.57 bits per heavy atom. The fourth-order valence-electron chi connectivity index (χ4n) is 2.93. The second-order valence-corrected chi connectivity index (χ2v) is 6.18. The van der Waals surface area contributed by atoms with E-state index >= 15 is 0 Å². The fourth-order valence-corrected chi connectivity index (χ4v) is 3.78. The van der Waals surface area contributed by atoms with Crippen LogP contribution in [0.2, 0.25) is 0 Å². The van der Waals surface area contributed by atoms with Gasteiger partial charge in [0.2, 0.25) is 5.91 Å². The topological polar surface area (TPSA) is 59.2 Å². The molecule has 1 amide bonds. The third kappa shape index (κ3) is 2.83. The first-order valence-corrected chi connectivity index (χ1v) is 7.92. The zero-order valence-corrected chi connectivity index (χ0v) is 12.6. The van der Waals surface area contributed by atoms with Gasteiger partial charge < -0.3 is 5.73 Å². The minimum Gasteiger partial charge on any atom is -0.369 e. The summed E-state index contributed by atoms with van der Waals surface area (Å²) >= 11 is 1.69. The number of primary amides is 1. The molecule has 0 radical (unpaired) electrons. The summed E-state index contributed by atoms with van der Waals surface area (Å²) in [4.78, 5) is 17.8. The van der Waals surface area contributed by atoms with Crippen molar-refractivity contribution in [1.29, 1.82) is 0 Å². The van der Waals surface area contributed by atoms with Crippen LogP contribution in [0, 0.1) is 0 Å². The van der Waals surface area contributed by atoms with Crippen LogP contribution in [0.1, 0.15) is 0 Å². The van der Waals surface area contributed by atoms with Gasteiger partial charge in [0.05, 0.1) is 6.54 Å². The molecule has 3 rings (SSSR count). The van der Waals surface area contributed by atoms with Gasteiger partial charge in [-0.3, -0.25) is 9.69 Å². The predicted molar refractivity (Wildman–Crippen MR) is 85.4 cm³/mol. The van der Waals surface area contributed by atoms with Crippen molar-refractivity contribution in [2.45, 2.75) is 0 Å². The van der Waals surface area contributed by atoms with E-state index in [0.717, 1.165) is 35.8 Å². The molecule has 0 aliphatic carbocycles. The molecule has 1 aromatic carbocycles. The summed E-state index contributed by atoms with van der Waals surface area (Å²) in [6.07, 6.45) is 1.86. The highest BCUT2D eigenvalue weighted by atomic mass is 32.1. The molecule has 1 fully saturated rings. The van der Waals surface area contributed by atoms with Gasteiger partial charge in [-0.25, -0.2) is 4.48 Å². The molecule has 0 saturated carbocycles. The van der Waals surface area contributed by atoms with Gasteiger partial charge in [-0.2, -0.15) is 4.98 Å². The largest absolute Gasteiger partial charge is 0.369 e. The maximum atomic E-state index is 11.1. The molecular weight excluding hydrogens is 284 g/mol. The molecule has 110 valence electrons. The van der Waals surface area contributed by atoms with Crippen LogP contribution in [-0.2, 0) is 4.79 Å². The Bertz CT molecular complexity index is 591. The van der Waals surface area contributed by atoms with Crippen LogP contribution in [-0.4, -0.2) is 48.5 Å². The number of nitrogens with zero attached hydrogens (tertiary/aromatic N) is 3. The van der Waals surface area contributed by atoms with Crippen LogP contribution < -0.4 is 10.2 Å². The molecule has 1 aromatic heterocycles. The summed E-state index contributed by atoms with van der Waals surface area (Å²) in [7, 11) is 0. The van der Waals surface area contributed by atoms with Gasteiger partial charge in [0, 0.05) is 24.7 Å². The Morgan fingerprint density at radius 2 is 2.00 bits per heavy atom. The van der Waals surface area contributed by atoms with Crippen molar-refractivity contribution >= 4 is 28.1 Å². The third-order valence-corrected chi connectivity index (χ3v) is 4.93. The molecule has 6 heteroatoms. The zero-order chi connectivity index (χ0) is 14.7. The third-order valence-electron chi connectivity index (χ3n) is 4.01. The van der Waals surface area contributed by atoms with Gasteiger partial charge in [-0.15, -0.1) is 0 Å². The van der Waals surface area contributed by atoms with E-state index < -0.39 is 0 Å². The first-order chi connectivity index (χ1) is 10.2. The number of carbonyl (C=O) groups is 1. The monoisotopic (exact) mass is 303 g/mol. The van der Waals surface area contributed by atoms with Crippen molar-refractivity contribution in [1.82, 2.24) is 14.4 Å². The molecule has 0 atom stereocenters. The molecule has 1 aliphatic heterocycles. The zero-order valence-electron chi connectivity index (χ0n) is 11.8. The lowest BCUT2D eigenvalue weighted by Gasteiger charge is -2.41. The Labute approximate surface area is 128 Å². The van der Waals surface area contributed by atoms with Crippen molar-refractivity contribution < 1.29 is 4.79 Å². The molecule has 1 aliphatic rings. The van der Waals surface area contributed by atoms with E-state index in [-0.39, 0.29) is 5.91 Å². The lowest BCUT2D eigenvalue weighted by atomic mass is 10.2. The second-order valence-electron chi connectivity index (χ2n) is 5.31. The maximum Gasteiger partial charge on any atom is 0.291 e. The normalized spacial score (nSPS) is 18.5. The molecule has 21 heavy (non-hydrogen) atoms. The molecule has 0 spiro atoms. The smallest absolute Gasteiger partial charge is 0.291 e. The lowest BCUT2D eigenvalue weighted by Crippen LogP contribution is -2.58. The minimum absolute atomic E-state index is 0.260. The number of piperazine rings is 1. The van der Waals surface area contributed by atoms with E-state index in [4.69, 9.17) is 5.73 Å². The quantitative estimate of drug-likeness (QED) is 0.873. The van der Waals surface area contributed by atoms with Crippen LogP contribution in [0.5, 0.6) is 0 Å². The number of para-hydroxylation sites is 1.